The summed E-state index contributed by atoms with van der Waals surface area (Å²) in [5.74, 6) is -0.784. The molecule has 7 heteroatoms. The SMILES string of the molecule is CCN1C(=O)[C@]2(c3ccccc31)c1c(oc3cc(C)c(C)cc3c1=O)C(=O)N2CCCOC(C)C. The minimum Gasteiger partial charge on any atom is -0.450 e. The van der Waals surface area contributed by atoms with Crippen molar-refractivity contribution in [3.8, 4) is 0 Å². The summed E-state index contributed by atoms with van der Waals surface area (Å²) >= 11 is 0. The van der Waals surface area contributed by atoms with Gasteiger partial charge in [0.05, 0.1) is 22.7 Å². The number of ether oxygens (including phenoxy) is 1. The van der Waals surface area contributed by atoms with E-state index in [4.69, 9.17) is 9.15 Å². The van der Waals surface area contributed by atoms with E-state index in [1.54, 1.807) is 17.0 Å². The Hall–Kier alpha value is -3.45. The van der Waals surface area contributed by atoms with Gasteiger partial charge in [-0.2, -0.15) is 0 Å². The van der Waals surface area contributed by atoms with Crippen LogP contribution in [0.2, 0.25) is 0 Å². The second-order valence-corrected chi connectivity index (χ2v) is 9.57. The van der Waals surface area contributed by atoms with Crippen molar-refractivity contribution in [2.75, 3.05) is 24.6 Å². The highest BCUT2D eigenvalue weighted by Crippen LogP contribution is 2.52. The second-order valence-electron chi connectivity index (χ2n) is 9.57. The Morgan fingerprint density at radius 3 is 2.49 bits per heavy atom. The van der Waals surface area contributed by atoms with E-state index in [2.05, 4.69) is 0 Å². The van der Waals surface area contributed by atoms with Crippen LogP contribution >= 0.6 is 0 Å². The van der Waals surface area contributed by atoms with E-state index >= 15 is 0 Å². The van der Waals surface area contributed by atoms with Crippen molar-refractivity contribution in [2.24, 2.45) is 0 Å². The minimum absolute atomic E-state index is 0.0448. The summed E-state index contributed by atoms with van der Waals surface area (Å²) in [6.07, 6.45) is 0.576. The van der Waals surface area contributed by atoms with Crippen LogP contribution in [-0.4, -0.2) is 42.5 Å². The topological polar surface area (TPSA) is 80.1 Å². The Morgan fingerprint density at radius 1 is 1.06 bits per heavy atom. The van der Waals surface area contributed by atoms with Crippen LogP contribution in [0.25, 0.3) is 11.0 Å². The Kier molecular flexibility index (Phi) is 5.55. The lowest BCUT2D eigenvalue weighted by Gasteiger charge is -2.34. The molecule has 5 rings (SSSR count). The van der Waals surface area contributed by atoms with Crippen LogP contribution in [-0.2, 0) is 15.1 Å². The second kappa shape index (κ2) is 8.34. The molecule has 1 aromatic heterocycles. The zero-order valence-electron chi connectivity index (χ0n) is 20.8. The van der Waals surface area contributed by atoms with Gasteiger partial charge in [-0.15, -0.1) is 0 Å². The van der Waals surface area contributed by atoms with E-state index in [9.17, 15) is 14.4 Å². The first-order valence-corrected chi connectivity index (χ1v) is 12.2. The van der Waals surface area contributed by atoms with Gasteiger partial charge in [0.2, 0.25) is 5.76 Å². The van der Waals surface area contributed by atoms with Crippen LogP contribution in [0.15, 0.2) is 45.6 Å². The smallest absolute Gasteiger partial charge is 0.291 e. The predicted octanol–water partition coefficient (Wildman–Crippen LogP) is 4.29. The van der Waals surface area contributed by atoms with Gasteiger partial charge in [0.1, 0.15) is 5.58 Å². The molecular weight excluding hydrogens is 444 g/mol. The van der Waals surface area contributed by atoms with Crippen molar-refractivity contribution in [1.29, 1.82) is 0 Å². The van der Waals surface area contributed by atoms with Crippen molar-refractivity contribution >= 4 is 28.5 Å². The molecule has 182 valence electrons. The highest BCUT2D eigenvalue weighted by Gasteiger charge is 2.64. The number of para-hydroxylation sites is 1. The van der Waals surface area contributed by atoms with Crippen molar-refractivity contribution in [2.45, 2.75) is 52.7 Å². The molecule has 2 aliphatic heterocycles. The highest BCUT2D eigenvalue weighted by molar-refractivity contribution is 6.17. The van der Waals surface area contributed by atoms with Gasteiger partial charge in [0.15, 0.2) is 11.0 Å². The fraction of sp³-hybridized carbons (Fsp3) is 0.393. The van der Waals surface area contributed by atoms with E-state index in [1.807, 2.05) is 58.9 Å². The molecule has 3 heterocycles. The van der Waals surface area contributed by atoms with Gasteiger partial charge in [0.25, 0.3) is 11.8 Å². The van der Waals surface area contributed by atoms with Crippen LogP contribution in [0, 0.1) is 13.8 Å². The van der Waals surface area contributed by atoms with E-state index in [-0.39, 0.29) is 35.3 Å². The van der Waals surface area contributed by atoms with E-state index in [0.717, 1.165) is 11.1 Å². The Bertz CT molecular complexity index is 1420. The van der Waals surface area contributed by atoms with Gasteiger partial charge >= 0.3 is 0 Å². The summed E-state index contributed by atoms with van der Waals surface area (Å²) in [6, 6.07) is 11.0. The molecule has 1 spiro atoms. The monoisotopic (exact) mass is 474 g/mol. The van der Waals surface area contributed by atoms with Gasteiger partial charge in [-0.1, -0.05) is 18.2 Å². The van der Waals surface area contributed by atoms with Crippen molar-refractivity contribution in [3.05, 3.63) is 74.6 Å². The fourth-order valence-corrected chi connectivity index (χ4v) is 5.40. The quantitative estimate of drug-likeness (QED) is 0.498. The maximum atomic E-state index is 14.2. The number of fused-ring (bicyclic) bond motifs is 5. The van der Waals surface area contributed by atoms with Gasteiger partial charge in [-0.25, -0.2) is 0 Å². The summed E-state index contributed by atoms with van der Waals surface area (Å²) in [4.78, 5) is 45.3. The lowest BCUT2D eigenvalue weighted by Crippen LogP contribution is -2.53. The molecule has 0 saturated heterocycles. The zero-order valence-corrected chi connectivity index (χ0v) is 20.8. The summed E-state index contributed by atoms with van der Waals surface area (Å²) in [5, 5.41) is 0.379. The lowest BCUT2D eigenvalue weighted by atomic mass is 9.83. The lowest BCUT2D eigenvalue weighted by molar-refractivity contribution is -0.126. The summed E-state index contributed by atoms with van der Waals surface area (Å²) in [7, 11) is 0. The molecule has 3 aromatic rings. The molecule has 1 atom stereocenters. The molecule has 35 heavy (non-hydrogen) atoms. The Morgan fingerprint density at radius 2 is 1.77 bits per heavy atom. The maximum absolute atomic E-state index is 14.2. The van der Waals surface area contributed by atoms with E-state index < -0.39 is 11.4 Å². The minimum atomic E-state index is -1.55. The molecule has 2 aliphatic rings. The third-order valence-corrected chi connectivity index (χ3v) is 7.15. The van der Waals surface area contributed by atoms with Crippen LogP contribution in [0.5, 0.6) is 0 Å². The number of benzene rings is 2. The van der Waals surface area contributed by atoms with Crippen LogP contribution in [0.4, 0.5) is 5.69 Å². The molecule has 0 aliphatic carbocycles. The summed E-state index contributed by atoms with van der Waals surface area (Å²) < 4.78 is 11.8. The first kappa shape index (κ1) is 23.3. The normalized spacial score (nSPS) is 18.9. The van der Waals surface area contributed by atoms with Crippen LogP contribution in [0.1, 0.15) is 60.0 Å². The Balaban J connectivity index is 1.79. The summed E-state index contributed by atoms with van der Waals surface area (Å²) in [5.41, 5.74) is 1.85. The maximum Gasteiger partial charge on any atom is 0.291 e. The van der Waals surface area contributed by atoms with Crippen molar-refractivity contribution in [3.63, 3.8) is 0 Å². The third kappa shape index (κ3) is 3.18. The molecule has 7 nitrogen and oxygen atoms in total. The van der Waals surface area contributed by atoms with Crippen molar-refractivity contribution in [1.82, 2.24) is 4.90 Å². The number of nitrogens with zero attached hydrogens (tertiary/aromatic N) is 2. The van der Waals surface area contributed by atoms with Crippen LogP contribution < -0.4 is 10.3 Å². The summed E-state index contributed by atoms with van der Waals surface area (Å²) in [6.45, 7) is 10.8. The third-order valence-electron chi connectivity index (χ3n) is 7.15. The number of anilines is 1. The molecule has 2 aromatic carbocycles. The van der Waals surface area contributed by atoms with E-state index in [0.29, 0.717) is 41.8 Å². The number of carbonyl (C=O) groups excluding carboxylic acids is 2. The standard InChI is InChI=1S/C28H30N2O5/c1-6-29-21-11-8-7-10-20(21)28(27(29)33)23-24(31)19-14-17(4)18(5)15-22(19)35-25(23)26(32)30(28)12-9-13-34-16(2)3/h7-8,10-11,14-16H,6,9,12-13H2,1-5H3/t28-/m0/s1. The number of amides is 2. The molecule has 0 unspecified atom stereocenters. The molecule has 0 radical (unpaired) electrons. The van der Waals surface area contributed by atoms with Crippen molar-refractivity contribution < 1.29 is 18.7 Å². The predicted molar refractivity (Wildman–Crippen MR) is 134 cm³/mol. The van der Waals surface area contributed by atoms with Gasteiger partial charge in [-0.05, 0) is 70.4 Å². The van der Waals surface area contributed by atoms with Gasteiger partial charge in [0, 0.05) is 25.3 Å². The number of carbonyl (C=O) groups is 2. The molecule has 0 fully saturated rings. The number of rotatable bonds is 6. The number of aryl methyl sites for hydroxylation is 2. The average Bonchev–Trinajstić information content (AvgIpc) is 3.22. The van der Waals surface area contributed by atoms with Gasteiger partial charge in [-0.3, -0.25) is 14.4 Å². The molecule has 0 bridgehead atoms. The first-order valence-electron chi connectivity index (χ1n) is 12.2. The van der Waals surface area contributed by atoms with Crippen LogP contribution in [0.3, 0.4) is 0 Å². The number of likely N-dealkylation sites (N-methyl/N-ethyl adjacent to an activating group) is 1. The average molecular weight is 475 g/mol. The molecule has 0 saturated carbocycles. The largest absolute Gasteiger partial charge is 0.450 e. The highest BCUT2D eigenvalue weighted by atomic mass is 16.5. The molecule has 0 N–H and O–H groups in total. The fourth-order valence-electron chi connectivity index (χ4n) is 5.40. The Labute approximate surface area is 204 Å². The van der Waals surface area contributed by atoms with Gasteiger partial charge < -0.3 is 19.0 Å². The molecular formula is C28H30N2O5. The van der Waals surface area contributed by atoms with E-state index in [1.165, 1.54) is 4.90 Å². The zero-order chi connectivity index (χ0) is 25.1. The first-order chi connectivity index (χ1) is 16.7. The number of hydrogen-bond acceptors (Lipinski definition) is 5. The molecule has 2 amide bonds. The number of hydrogen-bond donors (Lipinski definition) is 0.